The van der Waals surface area contributed by atoms with Gasteiger partial charge >= 0.3 is 0 Å². The molecule has 0 saturated carbocycles. The van der Waals surface area contributed by atoms with E-state index in [0.29, 0.717) is 5.92 Å². The molecule has 0 aliphatic heterocycles. The van der Waals surface area contributed by atoms with Gasteiger partial charge in [0.25, 0.3) is 0 Å². The number of hydrogen-bond acceptors (Lipinski definition) is 3. The van der Waals surface area contributed by atoms with Crippen LogP contribution >= 0.6 is 0 Å². The highest BCUT2D eigenvalue weighted by Gasteiger charge is 2.15. The highest BCUT2D eigenvalue weighted by Crippen LogP contribution is 2.19. The van der Waals surface area contributed by atoms with Crippen molar-refractivity contribution in [3.63, 3.8) is 0 Å². The predicted octanol–water partition coefficient (Wildman–Crippen LogP) is 2.26. The molecule has 0 radical (unpaired) electrons. The van der Waals surface area contributed by atoms with Crippen LogP contribution in [0.25, 0.3) is 0 Å². The molecule has 0 spiro atoms. The average Bonchev–Trinajstić information content (AvgIpc) is 2.85. The van der Waals surface area contributed by atoms with Crippen LogP contribution in [0.1, 0.15) is 31.1 Å². The molecule has 2 atom stereocenters. The van der Waals surface area contributed by atoms with Crippen LogP contribution in [-0.4, -0.2) is 18.3 Å². The van der Waals surface area contributed by atoms with E-state index >= 15 is 0 Å². The number of allylic oxidation sites excluding steroid dienone is 2. The van der Waals surface area contributed by atoms with Gasteiger partial charge < -0.3 is 14.8 Å². The van der Waals surface area contributed by atoms with Crippen molar-refractivity contribution in [3.05, 3.63) is 36.3 Å². The Balaban J connectivity index is 1.81. The molecule has 2 N–H and O–H groups in total. The molecule has 0 saturated heterocycles. The summed E-state index contributed by atoms with van der Waals surface area (Å²) in [5.41, 5.74) is 0. The van der Waals surface area contributed by atoms with Crippen molar-refractivity contribution in [1.29, 1.82) is 0 Å². The summed E-state index contributed by atoms with van der Waals surface area (Å²) in [5.74, 6) is 1.50. The first-order chi connectivity index (χ1) is 7.90. The molecular weight excluding hydrogens is 202 g/mol. The number of hydrogen-bond donors (Lipinski definition) is 2. The van der Waals surface area contributed by atoms with E-state index in [1.54, 1.807) is 6.26 Å². The molecule has 3 heteroatoms. The van der Waals surface area contributed by atoms with Gasteiger partial charge in [-0.2, -0.15) is 0 Å². The van der Waals surface area contributed by atoms with E-state index in [2.05, 4.69) is 17.5 Å². The van der Waals surface area contributed by atoms with Gasteiger partial charge in [-0.05, 0) is 43.9 Å². The van der Waals surface area contributed by atoms with E-state index in [0.717, 1.165) is 18.7 Å². The Hall–Kier alpha value is -1.06. The van der Waals surface area contributed by atoms with Crippen molar-refractivity contribution in [1.82, 2.24) is 5.32 Å². The quantitative estimate of drug-likeness (QED) is 0.750. The summed E-state index contributed by atoms with van der Waals surface area (Å²) in [6.45, 7) is 1.02. The zero-order valence-corrected chi connectivity index (χ0v) is 9.43. The Morgan fingerprint density at radius 2 is 2.44 bits per heavy atom. The standard InChI is InChI=1S/C13H19NO2/c15-10-12(13-7-4-8-16-13)14-9-11-5-2-1-3-6-11/h1-2,4,7-8,11-12,14-15H,3,5-6,9-10H2/t11-,12-/m0/s1. The van der Waals surface area contributed by atoms with Crippen LogP contribution in [0.3, 0.4) is 0 Å². The third-order valence-electron chi connectivity index (χ3n) is 3.10. The number of furan rings is 1. The third-order valence-corrected chi connectivity index (χ3v) is 3.10. The van der Waals surface area contributed by atoms with Crippen LogP contribution in [0.15, 0.2) is 35.0 Å². The first kappa shape index (κ1) is 11.4. The van der Waals surface area contributed by atoms with Crippen LogP contribution in [0.4, 0.5) is 0 Å². The maximum atomic E-state index is 9.29. The van der Waals surface area contributed by atoms with Gasteiger partial charge in [-0.1, -0.05) is 12.2 Å². The summed E-state index contributed by atoms with van der Waals surface area (Å²) in [6.07, 6.45) is 9.69. The molecule has 0 unspecified atom stereocenters. The van der Waals surface area contributed by atoms with Crippen molar-refractivity contribution in [2.45, 2.75) is 25.3 Å². The van der Waals surface area contributed by atoms with Gasteiger partial charge in [0.1, 0.15) is 5.76 Å². The number of nitrogens with one attached hydrogen (secondary N) is 1. The minimum Gasteiger partial charge on any atom is -0.468 e. The third kappa shape index (κ3) is 2.97. The SMILES string of the molecule is OC[C@H](NC[C@H]1CC=CCC1)c1ccco1. The number of aliphatic hydroxyl groups is 1. The van der Waals surface area contributed by atoms with Gasteiger partial charge in [0.05, 0.1) is 18.9 Å². The monoisotopic (exact) mass is 221 g/mol. The van der Waals surface area contributed by atoms with E-state index in [4.69, 9.17) is 4.42 Å². The van der Waals surface area contributed by atoms with Crippen LogP contribution in [0.2, 0.25) is 0 Å². The second-order valence-electron chi connectivity index (χ2n) is 4.31. The van der Waals surface area contributed by atoms with Crippen molar-refractivity contribution in [2.75, 3.05) is 13.2 Å². The molecule has 2 rings (SSSR count). The molecule has 1 aromatic rings. The second-order valence-corrected chi connectivity index (χ2v) is 4.31. The molecule has 0 amide bonds. The summed E-state index contributed by atoms with van der Waals surface area (Å²) < 4.78 is 5.29. The number of aliphatic hydroxyl groups excluding tert-OH is 1. The molecule has 1 aromatic heterocycles. The van der Waals surface area contributed by atoms with Gasteiger partial charge in [0, 0.05) is 0 Å². The lowest BCUT2D eigenvalue weighted by Crippen LogP contribution is -2.29. The summed E-state index contributed by atoms with van der Waals surface area (Å²) in [7, 11) is 0. The zero-order chi connectivity index (χ0) is 11.2. The summed E-state index contributed by atoms with van der Waals surface area (Å²) in [6, 6.07) is 3.68. The van der Waals surface area contributed by atoms with E-state index in [1.165, 1.54) is 12.8 Å². The molecule has 1 aliphatic carbocycles. The molecule has 88 valence electrons. The molecule has 1 heterocycles. The zero-order valence-electron chi connectivity index (χ0n) is 9.43. The lowest BCUT2D eigenvalue weighted by Gasteiger charge is -2.21. The minimum absolute atomic E-state index is 0.0686. The predicted molar refractivity (Wildman–Crippen MR) is 63.0 cm³/mol. The van der Waals surface area contributed by atoms with Gasteiger partial charge in [-0.3, -0.25) is 0 Å². The Kier molecular flexibility index (Phi) is 4.19. The molecular formula is C13H19NO2. The van der Waals surface area contributed by atoms with Gasteiger partial charge in [-0.15, -0.1) is 0 Å². The maximum Gasteiger partial charge on any atom is 0.123 e. The lowest BCUT2D eigenvalue weighted by atomic mass is 9.94. The Labute approximate surface area is 96.2 Å². The van der Waals surface area contributed by atoms with E-state index in [9.17, 15) is 5.11 Å². The average molecular weight is 221 g/mol. The normalized spacial score (nSPS) is 22.2. The molecule has 16 heavy (non-hydrogen) atoms. The Morgan fingerprint density at radius 3 is 3.06 bits per heavy atom. The highest BCUT2D eigenvalue weighted by atomic mass is 16.3. The Bertz CT molecular complexity index is 319. The van der Waals surface area contributed by atoms with Crippen LogP contribution in [0, 0.1) is 5.92 Å². The van der Waals surface area contributed by atoms with Crippen LogP contribution < -0.4 is 5.32 Å². The largest absolute Gasteiger partial charge is 0.468 e. The topological polar surface area (TPSA) is 45.4 Å². The second kappa shape index (κ2) is 5.87. The molecule has 0 fully saturated rings. The summed E-state index contributed by atoms with van der Waals surface area (Å²) in [4.78, 5) is 0. The van der Waals surface area contributed by atoms with Crippen molar-refractivity contribution in [2.24, 2.45) is 5.92 Å². The van der Waals surface area contributed by atoms with Crippen molar-refractivity contribution in [3.8, 4) is 0 Å². The molecule has 0 aromatic carbocycles. The summed E-state index contributed by atoms with van der Waals surface area (Å²) >= 11 is 0. The van der Waals surface area contributed by atoms with Gasteiger partial charge in [-0.25, -0.2) is 0 Å². The summed E-state index contributed by atoms with van der Waals surface area (Å²) in [5, 5.41) is 12.7. The fourth-order valence-electron chi connectivity index (χ4n) is 2.10. The molecule has 1 aliphatic rings. The van der Waals surface area contributed by atoms with Gasteiger partial charge in [0.2, 0.25) is 0 Å². The molecule has 3 nitrogen and oxygen atoms in total. The smallest absolute Gasteiger partial charge is 0.123 e. The number of rotatable bonds is 5. The van der Waals surface area contributed by atoms with Crippen molar-refractivity contribution >= 4 is 0 Å². The minimum atomic E-state index is -0.0686. The first-order valence-electron chi connectivity index (χ1n) is 5.93. The first-order valence-corrected chi connectivity index (χ1v) is 5.93. The fraction of sp³-hybridized carbons (Fsp3) is 0.538. The molecule has 0 bridgehead atoms. The van der Waals surface area contributed by atoms with E-state index in [-0.39, 0.29) is 12.6 Å². The highest BCUT2D eigenvalue weighted by molar-refractivity contribution is 5.04. The van der Waals surface area contributed by atoms with E-state index in [1.807, 2.05) is 12.1 Å². The van der Waals surface area contributed by atoms with Crippen molar-refractivity contribution < 1.29 is 9.52 Å². The fourth-order valence-corrected chi connectivity index (χ4v) is 2.10. The van der Waals surface area contributed by atoms with E-state index < -0.39 is 0 Å². The van der Waals surface area contributed by atoms with Gasteiger partial charge in [0.15, 0.2) is 0 Å². The van der Waals surface area contributed by atoms with Crippen LogP contribution in [-0.2, 0) is 0 Å². The lowest BCUT2D eigenvalue weighted by molar-refractivity contribution is 0.219. The Morgan fingerprint density at radius 1 is 1.50 bits per heavy atom. The maximum absolute atomic E-state index is 9.29. The van der Waals surface area contributed by atoms with Crippen LogP contribution in [0.5, 0.6) is 0 Å².